The molecular formula is C16H25NO2. The van der Waals surface area contributed by atoms with Gasteiger partial charge in [0.15, 0.2) is 0 Å². The zero-order valence-corrected chi connectivity index (χ0v) is 11.8. The number of aromatic hydroxyl groups is 1. The van der Waals surface area contributed by atoms with Crippen LogP contribution in [-0.2, 0) is 11.2 Å². The van der Waals surface area contributed by atoms with Gasteiger partial charge in [0.05, 0.1) is 0 Å². The highest BCUT2D eigenvalue weighted by atomic mass is 16.5. The molecule has 0 fully saturated rings. The van der Waals surface area contributed by atoms with E-state index in [0.29, 0.717) is 11.8 Å². The summed E-state index contributed by atoms with van der Waals surface area (Å²) in [6.07, 6.45) is 7.09. The molecule has 1 aromatic rings. The minimum absolute atomic E-state index is 0.382. The van der Waals surface area contributed by atoms with Crippen LogP contribution in [0, 0.1) is 0 Å². The maximum Gasteiger partial charge on any atom is 0.115 e. The zero-order valence-electron chi connectivity index (χ0n) is 11.8. The highest BCUT2D eigenvalue weighted by molar-refractivity contribution is 5.38. The minimum atomic E-state index is 0.382. The zero-order chi connectivity index (χ0) is 13.5. The lowest BCUT2D eigenvalue weighted by atomic mass is 9.87. The van der Waals surface area contributed by atoms with Gasteiger partial charge in [-0.15, -0.1) is 0 Å². The largest absolute Gasteiger partial charge is 0.508 e. The standard InChI is InChI=1S/C16H25NO2/c1-19-11-4-2-3-10-17-16-7-5-6-13-8-9-14(18)12-15(13)16/h8-9,12,16-18H,2-7,10-11H2,1H3. The number of methoxy groups -OCH3 is 1. The molecule has 0 saturated carbocycles. The van der Waals surface area contributed by atoms with Gasteiger partial charge >= 0.3 is 0 Å². The number of hydrogen-bond donors (Lipinski definition) is 2. The summed E-state index contributed by atoms with van der Waals surface area (Å²) >= 11 is 0. The van der Waals surface area contributed by atoms with E-state index in [2.05, 4.69) is 11.4 Å². The molecule has 1 aliphatic rings. The van der Waals surface area contributed by atoms with Crippen molar-refractivity contribution in [2.75, 3.05) is 20.3 Å². The van der Waals surface area contributed by atoms with Crippen LogP contribution >= 0.6 is 0 Å². The Kier molecular flexibility index (Phi) is 5.67. The molecule has 0 aliphatic heterocycles. The van der Waals surface area contributed by atoms with Crippen LogP contribution in [0.15, 0.2) is 18.2 Å². The molecule has 0 spiro atoms. The lowest BCUT2D eigenvalue weighted by molar-refractivity contribution is 0.192. The lowest BCUT2D eigenvalue weighted by Gasteiger charge is -2.26. The lowest BCUT2D eigenvalue weighted by Crippen LogP contribution is -2.26. The van der Waals surface area contributed by atoms with E-state index in [9.17, 15) is 5.11 Å². The first-order valence-electron chi connectivity index (χ1n) is 7.35. The van der Waals surface area contributed by atoms with Crippen molar-refractivity contribution in [3.8, 4) is 5.75 Å². The van der Waals surface area contributed by atoms with Crippen LogP contribution in [0.25, 0.3) is 0 Å². The fourth-order valence-electron chi connectivity index (χ4n) is 2.82. The van der Waals surface area contributed by atoms with E-state index in [0.717, 1.165) is 26.0 Å². The summed E-state index contributed by atoms with van der Waals surface area (Å²) in [6.45, 7) is 1.91. The average molecular weight is 263 g/mol. The van der Waals surface area contributed by atoms with Gasteiger partial charge in [0.2, 0.25) is 0 Å². The van der Waals surface area contributed by atoms with Gasteiger partial charge in [-0.3, -0.25) is 0 Å². The quantitative estimate of drug-likeness (QED) is 0.742. The smallest absolute Gasteiger partial charge is 0.115 e. The van der Waals surface area contributed by atoms with E-state index < -0.39 is 0 Å². The van der Waals surface area contributed by atoms with Crippen molar-refractivity contribution in [2.24, 2.45) is 0 Å². The van der Waals surface area contributed by atoms with Crippen LogP contribution in [0.1, 0.15) is 49.3 Å². The van der Waals surface area contributed by atoms with Crippen molar-refractivity contribution in [1.29, 1.82) is 0 Å². The number of unbranched alkanes of at least 4 members (excludes halogenated alkanes) is 2. The normalized spacial score (nSPS) is 18.3. The first-order chi connectivity index (χ1) is 9.31. The summed E-state index contributed by atoms with van der Waals surface area (Å²) in [5.74, 6) is 0.382. The second kappa shape index (κ2) is 7.51. The molecule has 1 aromatic carbocycles. The monoisotopic (exact) mass is 263 g/mol. The highest BCUT2D eigenvalue weighted by Gasteiger charge is 2.19. The molecule has 19 heavy (non-hydrogen) atoms. The fourth-order valence-corrected chi connectivity index (χ4v) is 2.82. The number of ether oxygens (including phenoxy) is 1. The predicted molar refractivity (Wildman–Crippen MR) is 77.5 cm³/mol. The molecule has 1 unspecified atom stereocenters. The molecule has 1 atom stereocenters. The van der Waals surface area contributed by atoms with Crippen molar-refractivity contribution in [2.45, 2.75) is 44.6 Å². The summed E-state index contributed by atoms with van der Waals surface area (Å²) in [5.41, 5.74) is 2.68. The Labute approximate surface area is 116 Å². The van der Waals surface area contributed by atoms with Gasteiger partial charge in [-0.25, -0.2) is 0 Å². The topological polar surface area (TPSA) is 41.5 Å². The Balaban J connectivity index is 1.80. The molecule has 0 radical (unpaired) electrons. The summed E-state index contributed by atoms with van der Waals surface area (Å²) in [5, 5.41) is 13.3. The number of phenols is 1. The van der Waals surface area contributed by atoms with Crippen LogP contribution in [0.5, 0.6) is 5.75 Å². The second-order valence-electron chi connectivity index (χ2n) is 5.34. The van der Waals surface area contributed by atoms with E-state index in [4.69, 9.17) is 4.74 Å². The van der Waals surface area contributed by atoms with E-state index in [1.54, 1.807) is 13.2 Å². The van der Waals surface area contributed by atoms with Crippen LogP contribution < -0.4 is 5.32 Å². The molecular weight excluding hydrogens is 238 g/mol. The molecule has 2 N–H and O–H groups in total. The number of hydrogen-bond acceptors (Lipinski definition) is 3. The molecule has 0 heterocycles. The van der Waals surface area contributed by atoms with Crippen molar-refractivity contribution in [3.63, 3.8) is 0 Å². The van der Waals surface area contributed by atoms with E-state index in [1.807, 2.05) is 6.07 Å². The molecule has 106 valence electrons. The first kappa shape index (κ1) is 14.4. The molecule has 1 aliphatic carbocycles. The number of rotatable bonds is 7. The van der Waals surface area contributed by atoms with Gasteiger partial charge in [0, 0.05) is 19.8 Å². The number of nitrogens with one attached hydrogen (secondary N) is 1. The Hall–Kier alpha value is -1.06. The molecule has 3 nitrogen and oxygen atoms in total. The molecule has 0 saturated heterocycles. The van der Waals surface area contributed by atoms with Crippen LogP contribution in [0.2, 0.25) is 0 Å². The molecule has 0 aromatic heterocycles. The Morgan fingerprint density at radius 2 is 2.21 bits per heavy atom. The van der Waals surface area contributed by atoms with E-state index >= 15 is 0 Å². The third kappa shape index (κ3) is 4.22. The van der Waals surface area contributed by atoms with Crippen molar-refractivity contribution < 1.29 is 9.84 Å². The molecule has 0 amide bonds. The van der Waals surface area contributed by atoms with Gasteiger partial charge < -0.3 is 15.2 Å². The number of aryl methyl sites for hydroxylation is 1. The van der Waals surface area contributed by atoms with Crippen molar-refractivity contribution in [3.05, 3.63) is 29.3 Å². The third-order valence-electron chi connectivity index (χ3n) is 3.86. The van der Waals surface area contributed by atoms with Crippen molar-refractivity contribution in [1.82, 2.24) is 5.32 Å². The Morgan fingerprint density at radius 1 is 1.32 bits per heavy atom. The Bertz CT molecular complexity index is 392. The van der Waals surface area contributed by atoms with Gasteiger partial charge in [0.25, 0.3) is 0 Å². The molecule has 3 heteroatoms. The highest BCUT2D eigenvalue weighted by Crippen LogP contribution is 2.31. The maximum absolute atomic E-state index is 9.63. The van der Waals surface area contributed by atoms with E-state index in [-0.39, 0.29) is 0 Å². The summed E-state index contributed by atoms with van der Waals surface area (Å²) in [6, 6.07) is 6.21. The van der Waals surface area contributed by atoms with Gasteiger partial charge in [0.1, 0.15) is 5.75 Å². The Morgan fingerprint density at radius 3 is 3.05 bits per heavy atom. The van der Waals surface area contributed by atoms with Crippen LogP contribution in [0.4, 0.5) is 0 Å². The summed E-state index contributed by atoms with van der Waals surface area (Å²) < 4.78 is 5.05. The first-order valence-corrected chi connectivity index (χ1v) is 7.35. The minimum Gasteiger partial charge on any atom is -0.508 e. The number of benzene rings is 1. The molecule has 0 bridgehead atoms. The number of fused-ring (bicyclic) bond motifs is 1. The summed E-state index contributed by atoms with van der Waals surface area (Å²) in [4.78, 5) is 0. The third-order valence-corrected chi connectivity index (χ3v) is 3.86. The fraction of sp³-hybridized carbons (Fsp3) is 0.625. The van der Waals surface area contributed by atoms with Gasteiger partial charge in [-0.1, -0.05) is 6.07 Å². The number of phenolic OH excluding ortho intramolecular Hbond substituents is 1. The summed E-state index contributed by atoms with van der Waals surface area (Å²) in [7, 11) is 1.75. The van der Waals surface area contributed by atoms with E-state index in [1.165, 1.54) is 36.8 Å². The average Bonchev–Trinajstić information content (AvgIpc) is 2.43. The van der Waals surface area contributed by atoms with Gasteiger partial charge in [-0.05, 0) is 68.3 Å². The van der Waals surface area contributed by atoms with Crippen LogP contribution in [0.3, 0.4) is 0 Å². The molecule has 2 rings (SSSR count). The maximum atomic E-state index is 9.63. The van der Waals surface area contributed by atoms with Crippen LogP contribution in [-0.4, -0.2) is 25.4 Å². The van der Waals surface area contributed by atoms with Crippen molar-refractivity contribution >= 4 is 0 Å². The SMILES string of the molecule is COCCCCCNC1CCCc2ccc(O)cc21. The van der Waals surface area contributed by atoms with Gasteiger partial charge in [-0.2, -0.15) is 0 Å². The second-order valence-corrected chi connectivity index (χ2v) is 5.34. The predicted octanol–water partition coefficient (Wildman–Crippen LogP) is 3.18.